The fourth-order valence-electron chi connectivity index (χ4n) is 3.33. The van der Waals surface area contributed by atoms with E-state index in [1.807, 2.05) is 0 Å². The van der Waals surface area contributed by atoms with E-state index in [2.05, 4.69) is 10.6 Å². The van der Waals surface area contributed by atoms with Gasteiger partial charge in [-0.1, -0.05) is 12.8 Å². The number of amides is 1. The lowest BCUT2D eigenvalue weighted by Crippen LogP contribution is -2.54. The molecule has 0 aromatic heterocycles. The van der Waals surface area contributed by atoms with Gasteiger partial charge in [0.2, 0.25) is 5.91 Å². The van der Waals surface area contributed by atoms with E-state index < -0.39 is 11.5 Å². The average molecular weight is 268 g/mol. The van der Waals surface area contributed by atoms with Crippen molar-refractivity contribution in [2.75, 3.05) is 7.05 Å². The highest BCUT2D eigenvalue weighted by molar-refractivity contribution is 5.82. The Balaban J connectivity index is 1.85. The van der Waals surface area contributed by atoms with Crippen molar-refractivity contribution < 1.29 is 14.7 Å². The second kappa shape index (κ2) is 5.90. The number of carbonyl (C=O) groups excluding carboxylic acids is 1. The molecule has 1 amide bonds. The first-order valence-corrected chi connectivity index (χ1v) is 7.30. The highest BCUT2D eigenvalue weighted by Gasteiger charge is 2.42. The Morgan fingerprint density at radius 2 is 1.68 bits per heavy atom. The Bertz CT molecular complexity index is 343. The summed E-state index contributed by atoms with van der Waals surface area (Å²) in [6, 6.07) is 0.350. The molecule has 2 rings (SSSR count). The van der Waals surface area contributed by atoms with Crippen LogP contribution in [0.25, 0.3) is 0 Å². The van der Waals surface area contributed by atoms with Gasteiger partial charge in [0.1, 0.15) is 5.54 Å². The molecule has 3 N–H and O–H groups in total. The van der Waals surface area contributed by atoms with Crippen molar-refractivity contribution in [1.82, 2.24) is 10.6 Å². The number of rotatable bonds is 4. The monoisotopic (exact) mass is 268 g/mol. The minimum Gasteiger partial charge on any atom is -0.480 e. The third-order valence-corrected chi connectivity index (χ3v) is 4.80. The summed E-state index contributed by atoms with van der Waals surface area (Å²) in [6.07, 6.45) is 6.97. The van der Waals surface area contributed by atoms with E-state index >= 15 is 0 Å². The second-order valence-corrected chi connectivity index (χ2v) is 5.90. The number of carboxylic acid groups (broad SMARTS) is 1. The molecule has 2 aliphatic rings. The van der Waals surface area contributed by atoms with Crippen LogP contribution in [0.5, 0.6) is 0 Å². The summed E-state index contributed by atoms with van der Waals surface area (Å²) in [7, 11) is 1.69. The van der Waals surface area contributed by atoms with Crippen LogP contribution in [0.2, 0.25) is 0 Å². The van der Waals surface area contributed by atoms with Crippen LogP contribution >= 0.6 is 0 Å². The predicted molar refractivity (Wildman–Crippen MR) is 71.8 cm³/mol. The summed E-state index contributed by atoms with van der Waals surface area (Å²) in [5, 5.41) is 15.3. The molecule has 2 aliphatic carbocycles. The SMILES string of the molecule is CNC1(C(=O)O)CCC(C(=O)NC2CCCC2)CC1. The van der Waals surface area contributed by atoms with Crippen LogP contribution in [-0.2, 0) is 9.59 Å². The van der Waals surface area contributed by atoms with Gasteiger partial charge in [-0.15, -0.1) is 0 Å². The molecule has 108 valence electrons. The van der Waals surface area contributed by atoms with Crippen LogP contribution < -0.4 is 10.6 Å². The van der Waals surface area contributed by atoms with Crippen LogP contribution in [0.3, 0.4) is 0 Å². The number of hydrogen-bond donors (Lipinski definition) is 3. The molecule has 2 fully saturated rings. The summed E-state index contributed by atoms with van der Waals surface area (Å²) < 4.78 is 0. The summed E-state index contributed by atoms with van der Waals surface area (Å²) >= 11 is 0. The highest BCUT2D eigenvalue weighted by Crippen LogP contribution is 2.32. The van der Waals surface area contributed by atoms with Gasteiger partial charge in [0, 0.05) is 12.0 Å². The van der Waals surface area contributed by atoms with Crippen molar-refractivity contribution in [3.8, 4) is 0 Å². The van der Waals surface area contributed by atoms with Crippen LogP contribution in [0.1, 0.15) is 51.4 Å². The van der Waals surface area contributed by atoms with Gasteiger partial charge in [0.15, 0.2) is 0 Å². The molecule has 0 aromatic carbocycles. The maximum Gasteiger partial charge on any atom is 0.323 e. The molecule has 0 saturated heterocycles. The number of hydrogen-bond acceptors (Lipinski definition) is 3. The van der Waals surface area contributed by atoms with E-state index in [0.717, 1.165) is 12.8 Å². The molecular formula is C14H24N2O3. The lowest BCUT2D eigenvalue weighted by Gasteiger charge is -2.36. The molecule has 19 heavy (non-hydrogen) atoms. The van der Waals surface area contributed by atoms with Gasteiger partial charge >= 0.3 is 5.97 Å². The predicted octanol–water partition coefficient (Wildman–Crippen LogP) is 1.28. The van der Waals surface area contributed by atoms with Crippen molar-refractivity contribution >= 4 is 11.9 Å². The Labute approximate surface area is 114 Å². The first kappa shape index (κ1) is 14.3. The molecule has 0 radical (unpaired) electrons. The van der Waals surface area contributed by atoms with Crippen LogP contribution in [-0.4, -0.2) is 35.6 Å². The van der Waals surface area contributed by atoms with Crippen LogP contribution in [0.4, 0.5) is 0 Å². The van der Waals surface area contributed by atoms with E-state index in [4.69, 9.17) is 0 Å². The third kappa shape index (κ3) is 3.08. The van der Waals surface area contributed by atoms with Gasteiger partial charge in [-0.3, -0.25) is 9.59 Å². The molecule has 0 atom stereocenters. The molecule has 5 heteroatoms. The second-order valence-electron chi connectivity index (χ2n) is 5.90. The standard InChI is InChI=1S/C14H24N2O3/c1-15-14(13(18)19)8-6-10(7-9-14)12(17)16-11-4-2-3-5-11/h10-11,15H,2-9H2,1H3,(H,16,17)(H,18,19). The Hall–Kier alpha value is -1.10. The fraction of sp³-hybridized carbons (Fsp3) is 0.857. The van der Waals surface area contributed by atoms with Crippen molar-refractivity contribution in [3.05, 3.63) is 0 Å². The summed E-state index contributed by atoms with van der Waals surface area (Å²) in [4.78, 5) is 23.4. The van der Waals surface area contributed by atoms with Crippen molar-refractivity contribution in [2.45, 2.75) is 62.9 Å². The number of carboxylic acids is 1. The molecule has 5 nitrogen and oxygen atoms in total. The maximum atomic E-state index is 12.1. The fourth-order valence-corrected chi connectivity index (χ4v) is 3.33. The lowest BCUT2D eigenvalue weighted by atomic mass is 9.76. The van der Waals surface area contributed by atoms with E-state index in [1.165, 1.54) is 12.8 Å². The Morgan fingerprint density at radius 3 is 2.16 bits per heavy atom. The van der Waals surface area contributed by atoms with Crippen molar-refractivity contribution in [1.29, 1.82) is 0 Å². The zero-order valence-electron chi connectivity index (χ0n) is 11.6. The topological polar surface area (TPSA) is 78.4 Å². The first-order valence-electron chi connectivity index (χ1n) is 7.30. The van der Waals surface area contributed by atoms with E-state index in [9.17, 15) is 14.7 Å². The highest BCUT2D eigenvalue weighted by atomic mass is 16.4. The van der Waals surface area contributed by atoms with Crippen molar-refractivity contribution in [3.63, 3.8) is 0 Å². The van der Waals surface area contributed by atoms with Gasteiger partial charge < -0.3 is 15.7 Å². The van der Waals surface area contributed by atoms with Gasteiger partial charge in [0.05, 0.1) is 0 Å². The van der Waals surface area contributed by atoms with Gasteiger partial charge in [-0.25, -0.2) is 0 Å². The minimum absolute atomic E-state index is 0.0126. The molecule has 0 unspecified atom stereocenters. The molecule has 0 heterocycles. The first-order chi connectivity index (χ1) is 9.07. The molecular weight excluding hydrogens is 244 g/mol. The van der Waals surface area contributed by atoms with Gasteiger partial charge in [-0.2, -0.15) is 0 Å². The zero-order valence-corrected chi connectivity index (χ0v) is 11.6. The summed E-state index contributed by atoms with van der Waals surface area (Å²) in [5.41, 5.74) is -0.829. The molecule has 0 aliphatic heterocycles. The maximum absolute atomic E-state index is 12.1. The quantitative estimate of drug-likeness (QED) is 0.717. The summed E-state index contributed by atoms with van der Waals surface area (Å²) in [5.74, 6) is -0.687. The normalized spacial score (nSPS) is 32.2. The molecule has 2 saturated carbocycles. The molecule has 0 aromatic rings. The van der Waals surface area contributed by atoms with Gasteiger partial charge in [-0.05, 0) is 45.6 Å². The smallest absolute Gasteiger partial charge is 0.323 e. The average Bonchev–Trinajstić information content (AvgIpc) is 2.91. The Kier molecular flexibility index (Phi) is 4.45. The number of aliphatic carboxylic acids is 1. The summed E-state index contributed by atoms with van der Waals surface area (Å²) in [6.45, 7) is 0. The van der Waals surface area contributed by atoms with E-state index in [1.54, 1.807) is 7.05 Å². The number of nitrogens with one attached hydrogen (secondary N) is 2. The molecule has 0 bridgehead atoms. The van der Waals surface area contributed by atoms with E-state index in [0.29, 0.717) is 31.7 Å². The Morgan fingerprint density at radius 1 is 1.11 bits per heavy atom. The van der Waals surface area contributed by atoms with Crippen LogP contribution in [0.15, 0.2) is 0 Å². The molecule has 0 spiro atoms. The largest absolute Gasteiger partial charge is 0.480 e. The zero-order chi connectivity index (χ0) is 13.9. The number of likely N-dealkylation sites (N-methyl/N-ethyl adjacent to an activating group) is 1. The van der Waals surface area contributed by atoms with E-state index in [-0.39, 0.29) is 11.8 Å². The van der Waals surface area contributed by atoms with Crippen LogP contribution in [0, 0.1) is 5.92 Å². The minimum atomic E-state index is -0.829. The van der Waals surface area contributed by atoms with Crippen molar-refractivity contribution in [2.24, 2.45) is 5.92 Å². The van der Waals surface area contributed by atoms with Gasteiger partial charge in [0.25, 0.3) is 0 Å². The lowest BCUT2D eigenvalue weighted by molar-refractivity contribution is -0.147. The number of carbonyl (C=O) groups is 2. The third-order valence-electron chi connectivity index (χ3n) is 4.80.